The lowest BCUT2D eigenvalue weighted by molar-refractivity contribution is 0.724. The molecule has 56 heavy (non-hydrogen) atoms. The molecule has 13 rings (SSSR count). The molecule has 11 aromatic rings. The van der Waals surface area contributed by atoms with Gasteiger partial charge in [-0.2, -0.15) is 0 Å². The molecule has 260 valence electrons. The summed E-state index contributed by atoms with van der Waals surface area (Å²) in [6.45, 7) is 0. The summed E-state index contributed by atoms with van der Waals surface area (Å²) >= 11 is 3.66. The topological polar surface area (TPSA) is 30.7 Å². The van der Waals surface area contributed by atoms with Gasteiger partial charge in [0.2, 0.25) is 5.95 Å². The molecule has 3 aromatic heterocycles. The van der Waals surface area contributed by atoms with E-state index in [0.717, 1.165) is 37.9 Å². The molecule has 1 aliphatic carbocycles. The fourth-order valence-electron chi connectivity index (χ4n) is 9.78. The minimum absolute atomic E-state index is 0.482. The number of benzene rings is 8. The molecule has 0 saturated carbocycles. The Bertz CT molecular complexity index is 3440. The zero-order valence-corrected chi connectivity index (χ0v) is 31.5. The molecule has 8 aromatic carbocycles. The maximum Gasteiger partial charge on any atom is 0.235 e. The van der Waals surface area contributed by atoms with Crippen molar-refractivity contribution in [1.82, 2.24) is 14.5 Å². The van der Waals surface area contributed by atoms with Crippen LogP contribution in [0.4, 0.5) is 0 Å². The summed E-state index contributed by atoms with van der Waals surface area (Å²) in [6.07, 6.45) is 0. The molecule has 3 nitrogen and oxygen atoms in total. The lowest BCUT2D eigenvalue weighted by atomic mass is 9.67. The van der Waals surface area contributed by atoms with Gasteiger partial charge in [0.1, 0.15) is 0 Å². The molecular weight excluding hydrogens is 719 g/mol. The van der Waals surface area contributed by atoms with Crippen molar-refractivity contribution < 1.29 is 0 Å². The predicted octanol–water partition coefficient (Wildman–Crippen LogP) is 13.6. The van der Waals surface area contributed by atoms with Gasteiger partial charge >= 0.3 is 0 Å². The van der Waals surface area contributed by atoms with E-state index < -0.39 is 5.41 Å². The van der Waals surface area contributed by atoms with Crippen molar-refractivity contribution in [2.45, 2.75) is 15.2 Å². The van der Waals surface area contributed by atoms with Gasteiger partial charge in [0.05, 0.1) is 32.4 Å². The lowest BCUT2D eigenvalue weighted by Crippen LogP contribution is -2.32. The van der Waals surface area contributed by atoms with Crippen LogP contribution in [0.3, 0.4) is 0 Å². The second-order valence-corrected chi connectivity index (χ2v) is 16.9. The molecule has 1 spiro atoms. The summed E-state index contributed by atoms with van der Waals surface area (Å²) in [6, 6.07) is 64.5. The van der Waals surface area contributed by atoms with Crippen LogP contribution < -0.4 is 0 Å². The summed E-state index contributed by atoms with van der Waals surface area (Å²) in [7, 11) is 0. The van der Waals surface area contributed by atoms with E-state index in [2.05, 4.69) is 180 Å². The van der Waals surface area contributed by atoms with Crippen LogP contribution in [0.15, 0.2) is 186 Å². The Labute approximate surface area is 330 Å². The smallest absolute Gasteiger partial charge is 0.235 e. The van der Waals surface area contributed by atoms with Gasteiger partial charge in [-0.3, -0.25) is 4.57 Å². The van der Waals surface area contributed by atoms with E-state index in [4.69, 9.17) is 9.97 Å². The minimum atomic E-state index is -0.482. The quantitative estimate of drug-likeness (QED) is 0.176. The van der Waals surface area contributed by atoms with E-state index >= 15 is 0 Å². The second-order valence-electron chi connectivity index (χ2n) is 14.8. The van der Waals surface area contributed by atoms with Gasteiger partial charge in [-0.15, -0.1) is 11.3 Å². The predicted molar refractivity (Wildman–Crippen MR) is 234 cm³/mol. The van der Waals surface area contributed by atoms with Crippen molar-refractivity contribution in [1.29, 1.82) is 0 Å². The normalized spacial score (nSPS) is 13.8. The van der Waals surface area contributed by atoms with Gasteiger partial charge in [-0.1, -0.05) is 163 Å². The van der Waals surface area contributed by atoms with Gasteiger partial charge in [0.15, 0.2) is 0 Å². The Balaban J connectivity index is 1.18. The fourth-order valence-corrected chi connectivity index (χ4v) is 12.3. The van der Waals surface area contributed by atoms with E-state index in [1.165, 1.54) is 69.4 Å². The van der Waals surface area contributed by atoms with E-state index in [0.29, 0.717) is 5.95 Å². The highest BCUT2D eigenvalue weighted by molar-refractivity contribution is 7.99. The van der Waals surface area contributed by atoms with Gasteiger partial charge in [0, 0.05) is 36.2 Å². The number of rotatable bonds is 2. The lowest BCUT2D eigenvalue weighted by Gasteiger charge is -2.40. The molecule has 5 heteroatoms. The summed E-state index contributed by atoms with van der Waals surface area (Å²) in [5, 5.41) is 5.96. The maximum absolute atomic E-state index is 5.62. The van der Waals surface area contributed by atoms with Gasteiger partial charge in [0.25, 0.3) is 0 Å². The second kappa shape index (κ2) is 11.3. The van der Waals surface area contributed by atoms with Crippen LogP contribution in [0, 0.1) is 0 Å². The van der Waals surface area contributed by atoms with E-state index in [1.807, 2.05) is 11.8 Å². The summed E-state index contributed by atoms with van der Waals surface area (Å²) < 4.78 is 4.68. The standard InChI is InChI=1S/C51H29N3S2/c1-2-14-31-29-32(26-25-30(31)13-1)45-49-46(37-18-6-11-23-43(37)55-49)53-50(52-45)54-42-22-10-5-17-35(42)36-27-28-41-48(47(36)54)56-44-24-12-9-21-40(44)51(41)38-19-7-3-15-33(38)34-16-4-8-20-39(34)51/h1-29H. The molecule has 0 amide bonds. The SMILES string of the molecule is c1ccc2c(c1)Sc1c(ccc3c4ccccc4n(-c4nc(-c5ccc6ccccc6c5)c5sc6ccccc6c5n4)c13)C21c2ccccc2-c2ccccc21. The highest BCUT2D eigenvalue weighted by atomic mass is 32.2. The van der Waals surface area contributed by atoms with Crippen molar-refractivity contribution in [3.8, 4) is 28.3 Å². The molecule has 0 fully saturated rings. The molecule has 0 saturated heterocycles. The van der Waals surface area contributed by atoms with Crippen molar-refractivity contribution >= 4 is 76.0 Å². The molecule has 0 atom stereocenters. The number of para-hydroxylation sites is 1. The first kappa shape index (κ1) is 30.8. The molecule has 0 unspecified atom stereocenters. The van der Waals surface area contributed by atoms with E-state index in [-0.39, 0.29) is 0 Å². The highest BCUT2D eigenvalue weighted by Crippen LogP contribution is 2.63. The maximum atomic E-state index is 5.62. The first-order chi connectivity index (χ1) is 27.8. The highest BCUT2D eigenvalue weighted by Gasteiger charge is 2.50. The van der Waals surface area contributed by atoms with Gasteiger partial charge in [-0.05, 0) is 68.4 Å². The molecule has 0 N–H and O–H groups in total. The minimum Gasteiger partial charge on any atom is -0.277 e. The third-order valence-electron chi connectivity index (χ3n) is 12.1. The summed E-state index contributed by atoms with van der Waals surface area (Å²) in [5.74, 6) is 0.685. The van der Waals surface area contributed by atoms with Crippen LogP contribution in [0.1, 0.15) is 22.3 Å². The number of fused-ring (bicyclic) bond motifs is 17. The third-order valence-corrected chi connectivity index (χ3v) is 14.4. The van der Waals surface area contributed by atoms with Crippen LogP contribution in [-0.2, 0) is 5.41 Å². The Morgan fingerprint density at radius 3 is 2.02 bits per heavy atom. The van der Waals surface area contributed by atoms with Gasteiger partial charge in [-0.25, -0.2) is 9.97 Å². The van der Waals surface area contributed by atoms with E-state index in [1.54, 1.807) is 11.3 Å². The fraction of sp³-hybridized carbons (Fsp3) is 0.0196. The summed E-state index contributed by atoms with van der Waals surface area (Å²) in [4.78, 5) is 13.7. The monoisotopic (exact) mass is 747 g/mol. The zero-order valence-electron chi connectivity index (χ0n) is 29.9. The van der Waals surface area contributed by atoms with Crippen molar-refractivity contribution in [3.05, 3.63) is 198 Å². The van der Waals surface area contributed by atoms with Crippen LogP contribution in [0.25, 0.3) is 81.2 Å². The Morgan fingerprint density at radius 1 is 0.500 bits per heavy atom. The molecular formula is C51H29N3S2. The first-order valence-corrected chi connectivity index (χ1v) is 20.6. The third kappa shape index (κ3) is 3.93. The number of hydrogen-bond donors (Lipinski definition) is 0. The van der Waals surface area contributed by atoms with Crippen LogP contribution >= 0.6 is 23.1 Å². The van der Waals surface area contributed by atoms with Crippen LogP contribution in [0.5, 0.6) is 0 Å². The number of aromatic nitrogens is 3. The Kier molecular flexibility index (Phi) is 6.19. The Hall–Kier alpha value is -6.53. The molecule has 2 aliphatic rings. The van der Waals surface area contributed by atoms with Gasteiger partial charge < -0.3 is 0 Å². The number of hydrogen-bond acceptors (Lipinski definition) is 4. The average Bonchev–Trinajstić information content (AvgIpc) is 3.90. The van der Waals surface area contributed by atoms with Crippen molar-refractivity contribution in [3.63, 3.8) is 0 Å². The van der Waals surface area contributed by atoms with Crippen molar-refractivity contribution in [2.24, 2.45) is 0 Å². The van der Waals surface area contributed by atoms with E-state index in [9.17, 15) is 0 Å². The zero-order chi connectivity index (χ0) is 36.5. The van der Waals surface area contributed by atoms with Crippen LogP contribution in [-0.4, -0.2) is 14.5 Å². The van der Waals surface area contributed by atoms with Crippen molar-refractivity contribution in [2.75, 3.05) is 0 Å². The van der Waals surface area contributed by atoms with Crippen LogP contribution in [0.2, 0.25) is 0 Å². The Morgan fingerprint density at radius 2 is 1.18 bits per heavy atom. The molecule has 0 bridgehead atoms. The number of nitrogens with zero attached hydrogens (tertiary/aromatic N) is 3. The molecule has 4 heterocycles. The largest absolute Gasteiger partial charge is 0.277 e. The summed E-state index contributed by atoms with van der Waals surface area (Å²) in [5.41, 5.74) is 12.7. The first-order valence-electron chi connectivity index (χ1n) is 19.0. The molecule has 1 aliphatic heterocycles. The average molecular weight is 748 g/mol. The molecule has 0 radical (unpaired) electrons. The number of thiophene rings is 1.